The van der Waals surface area contributed by atoms with Crippen molar-refractivity contribution in [3.05, 3.63) is 48.8 Å². The predicted octanol–water partition coefficient (Wildman–Crippen LogP) is 3.12. The van der Waals surface area contributed by atoms with E-state index >= 15 is 0 Å². The van der Waals surface area contributed by atoms with Gasteiger partial charge in [0.15, 0.2) is 0 Å². The predicted molar refractivity (Wildman–Crippen MR) is 89.7 cm³/mol. The highest BCUT2D eigenvalue weighted by atomic mass is 16.7. The SMILES string of the molecule is CC1(C)OB(c2ccccc2Nc2ccncc2)OC1(C)C. The summed E-state index contributed by atoms with van der Waals surface area (Å²) in [6, 6.07) is 11.9. The number of hydrogen-bond donors (Lipinski definition) is 1. The molecule has 114 valence electrons. The smallest absolute Gasteiger partial charge is 0.399 e. The van der Waals surface area contributed by atoms with Gasteiger partial charge in [-0.2, -0.15) is 0 Å². The van der Waals surface area contributed by atoms with Crippen LogP contribution in [0.15, 0.2) is 48.8 Å². The van der Waals surface area contributed by atoms with Gasteiger partial charge < -0.3 is 14.6 Å². The van der Waals surface area contributed by atoms with E-state index in [0.717, 1.165) is 16.8 Å². The second-order valence-corrected chi connectivity index (χ2v) is 6.54. The molecular formula is C17H21BN2O2. The monoisotopic (exact) mass is 296 g/mol. The van der Waals surface area contributed by atoms with Crippen LogP contribution in [0.2, 0.25) is 0 Å². The lowest BCUT2D eigenvalue weighted by Gasteiger charge is -2.32. The van der Waals surface area contributed by atoms with E-state index in [0.29, 0.717) is 0 Å². The van der Waals surface area contributed by atoms with Gasteiger partial charge in [-0.25, -0.2) is 0 Å². The van der Waals surface area contributed by atoms with Crippen LogP contribution < -0.4 is 10.8 Å². The Hall–Kier alpha value is -1.85. The Morgan fingerprint density at radius 1 is 0.909 bits per heavy atom. The number of para-hydroxylation sites is 1. The summed E-state index contributed by atoms with van der Waals surface area (Å²) in [7, 11) is -0.379. The zero-order valence-corrected chi connectivity index (χ0v) is 13.5. The van der Waals surface area contributed by atoms with Gasteiger partial charge in [0.2, 0.25) is 0 Å². The van der Waals surface area contributed by atoms with Gasteiger partial charge in [0.1, 0.15) is 0 Å². The van der Waals surface area contributed by atoms with Crippen LogP contribution in [0.3, 0.4) is 0 Å². The fraction of sp³-hybridized carbons (Fsp3) is 0.353. The van der Waals surface area contributed by atoms with E-state index in [9.17, 15) is 0 Å². The summed E-state index contributed by atoms with van der Waals surface area (Å²) in [6.45, 7) is 8.25. The highest BCUT2D eigenvalue weighted by Gasteiger charge is 2.52. The van der Waals surface area contributed by atoms with E-state index in [1.807, 2.05) is 36.4 Å². The first-order chi connectivity index (χ1) is 10.4. The molecule has 1 aromatic heterocycles. The molecule has 0 unspecified atom stereocenters. The Bertz CT molecular complexity index is 643. The van der Waals surface area contributed by atoms with Crippen molar-refractivity contribution in [2.75, 3.05) is 5.32 Å². The van der Waals surface area contributed by atoms with E-state index in [1.165, 1.54) is 0 Å². The number of anilines is 2. The normalized spacial score (nSPS) is 19.2. The van der Waals surface area contributed by atoms with E-state index in [-0.39, 0.29) is 18.3 Å². The zero-order chi connectivity index (χ0) is 15.8. The number of benzene rings is 1. The van der Waals surface area contributed by atoms with Crippen molar-refractivity contribution < 1.29 is 9.31 Å². The van der Waals surface area contributed by atoms with E-state index in [2.05, 4.69) is 38.0 Å². The molecule has 1 aliphatic rings. The van der Waals surface area contributed by atoms with Crippen LogP contribution in [0.4, 0.5) is 11.4 Å². The first kappa shape index (κ1) is 15.1. The minimum absolute atomic E-state index is 0.346. The van der Waals surface area contributed by atoms with Crippen molar-refractivity contribution in [3.8, 4) is 0 Å². The lowest BCUT2D eigenvalue weighted by atomic mass is 9.78. The molecule has 0 bridgehead atoms. The van der Waals surface area contributed by atoms with Gasteiger partial charge in [-0.15, -0.1) is 0 Å². The highest BCUT2D eigenvalue weighted by Crippen LogP contribution is 2.37. The van der Waals surface area contributed by atoms with Crippen molar-refractivity contribution in [2.24, 2.45) is 0 Å². The largest absolute Gasteiger partial charge is 0.496 e. The minimum atomic E-state index is -0.379. The number of nitrogens with one attached hydrogen (secondary N) is 1. The van der Waals surface area contributed by atoms with Gasteiger partial charge in [-0.3, -0.25) is 4.98 Å². The molecule has 1 aliphatic heterocycles. The third-order valence-corrected chi connectivity index (χ3v) is 4.43. The molecule has 1 fully saturated rings. The van der Waals surface area contributed by atoms with Gasteiger partial charge >= 0.3 is 7.12 Å². The third kappa shape index (κ3) is 2.74. The standard InChI is InChI=1S/C17H21BN2O2/c1-16(2)17(3,4)22-18(21-16)14-7-5-6-8-15(14)20-13-9-11-19-12-10-13/h5-12H,1-4H3,(H,19,20). The van der Waals surface area contributed by atoms with Crippen LogP contribution in [0.5, 0.6) is 0 Å². The van der Waals surface area contributed by atoms with Crippen molar-refractivity contribution in [3.63, 3.8) is 0 Å². The Balaban J connectivity index is 1.90. The second-order valence-electron chi connectivity index (χ2n) is 6.54. The molecule has 0 atom stereocenters. The van der Waals surface area contributed by atoms with E-state index in [1.54, 1.807) is 12.4 Å². The molecule has 0 amide bonds. The summed E-state index contributed by atoms with van der Waals surface area (Å²) in [5.74, 6) is 0. The molecular weight excluding hydrogens is 275 g/mol. The maximum absolute atomic E-state index is 6.15. The van der Waals surface area contributed by atoms with Crippen LogP contribution in [0.1, 0.15) is 27.7 Å². The fourth-order valence-corrected chi connectivity index (χ4v) is 2.38. The van der Waals surface area contributed by atoms with Gasteiger partial charge in [0.05, 0.1) is 11.2 Å². The maximum Gasteiger partial charge on any atom is 0.496 e. The molecule has 0 aliphatic carbocycles. The molecule has 0 saturated carbocycles. The van der Waals surface area contributed by atoms with E-state index in [4.69, 9.17) is 9.31 Å². The molecule has 4 nitrogen and oxygen atoms in total. The van der Waals surface area contributed by atoms with Crippen LogP contribution in [0, 0.1) is 0 Å². The maximum atomic E-state index is 6.15. The fourth-order valence-electron chi connectivity index (χ4n) is 2.38. The lowest BCUT2D eigenvalue weighted by Crippen LogP contribution is -2.41. The minimum Gasteiger partial charge on any atom is -0.399 e. The van der Waals surface area contributed by atoms with Crippen LogP contribution >= 0.6 is 0 Å². The van der Waals surface area contributed by atoms with Crippen molar-refractivity contribution in [1.29, 1.82) is 0 Å². The third-order valence-electron chi connectivity index (χ3n) is 4.43. The molecule has 0 radical (unpaired) electrons. The Morgan fingerprint density at radius 2 is 1.50 bits per heavy atom. The number of pyridine rings is 1. The summed E-state index contributed by atoms with van der Waals surface area (Å²) in [4.78, 5) is 4.04. The number of rotatable bonds is 3. The molecule has 3 rings (SSSR count). The molecule has 2 aromatic rings. The van der Waals surface area contributed by atoms with E-state index < -0.39 is 0 Å². The average Bonchev–Trinajstić information content (AvgIpc) is 2.69. The topological polar surface area (TPSA) is 43.4 Å². The second kappa shape index (κ2) is 5.41. The summed E-state index contributed by atoms with van der Waals surface area (Å²) < 4.78 is 12.3. The van der Waals surface area contributed by atoms with Crippen LogP contribution in [-0.4, -0.2) is 23.3 Å². The first-order valence-electron chi connectivity index (χ1n) is 7.51. The van der Waals surface area contributed by atoms with Gasteiger partial charge in [-0.05, 0) is 45.9 Å². The Labute approximate surface area is 132 Å². The lowest BCUT2D eigenvalue weighted by molar-refractivity contribution is 0.00578. The molecule has 1 N–H and O–H groups in total. The number of hydrogen-bond acceptors (Lipinski definition) is 4. The van der Waals surface area contributed by atoms with Crippen molar-refractivity contribution in [1.82, 2.24) is 4.98 Å². The van der Waals surface area contributed by atoms with Gasteiger partial charge in [0, 0.05) is 29.2 Å². The van der Waals surface area contributed by atoms with Crippen molar-refractivity contribution >= 4 is 24.0 Å². The van der Waals surface area contributed by atoms with Gasteiger partial charge in [0.25, 0.3) is 0 Å². The first-order valence-corrected chi connectivity index (χ1v) is 7.51. The summed E-state index contributed by atoms with van der Waals surface area (Å²) in [5.41, 5.74) is 2.27. The summed E-state index contributed by atoms with van der Waals surface area (Å²) in [5, 5.41) is 3.40. The molecule has 0 spiro atoms. The molecule has 1 aromatic carbocycles. The highest BCUT2D eigenvalue weighted by molar-refractivity contribution is 6.64. The molecule has 5 heteroatoms. The quantitative estimate of drug-likeness (QED) is 0.884. The summed E-state index contributed by atoms with van der Waals surface area (Å²) in [6.07, 6.45) is 3.53. The van der Waals surface area contributed by atoms with Crippen molar-refractivity contribution in [2.45, 2.75) is 38.9 Å². The van der Waals surface area contributed by atoms with Crippen LogP contribution in [-0.2, 0) is 9.31 Å². The number of nitrogens with zero attached hydrogens (tertiary/aromatic N) is 1. The number of aromatic nitrogens is 1. The Kier molecular flexibility index (Phi) is 3.71. The molecule has 1 saturated heterocycles. The molecule has 22 heavy (non-hydrogen) atoms. The van der Waals surface area contributed by atoms with Crippen LogP contribution in [0.25, 0.3) is 0 Å². The van der Waals surface area contributed by atoms with Gasteiger partial charge in [-0.1, -0.05) is 18.2 Å². The average molecular weight is 296 g/mol. The molecule has 2 heterocycles. The Morgan fingerprint density at radius 3 is 2.14 bits per heavy atom. The summed E-state index contributed by atoms with van der Waals surface area (Å²) >= 11 is 0. The zero-order valence-electron chi connectivity index (χ0n) is 13.5.